The van der Waals surface area contributed by atoms with E-state index >= 15 is 0 Å². The van der Waals surface area contributed by atoms with Gasteiger partial charge < -0.3 is 9.88 Å². The summed E-state index contributed by atoms with van der Waals surface area (Å²) in [7, 11) is 0. The van der Waals surface area contributed by atoms with Crippen LogP contribution >= 0.6 is 23.2 Å². The van der Waals surface area contributed by atoms with E-state index in [0.29, 0.717) is 16.3 Å². The number of benzene rings is 2. The van der Waals surface area contributed by atoms with Crippen molar-refractivity contribution in [1.82, 2.24) is 9.55 Å². The molecule has 1 N–H and O–H groups in total. The average molecular weight is 374 g/mol. The van der Waals surface area contributed by atoms with Crippen LogP contribution < -0.4 is 5.32 Å². The van der Waals surface area contributed by atoms with E-state index in [1.54, 1.807) is 18.2 Å². The minimum absolute atomic E-state index is 0.261. The van der Waals surface area contributed by atoms with E-state index in [-0.39, 0.29) is 10.9 Å². The van der Waals surface area contributed by atoms with Gasteiger partial charge >= 0.3 is 0 Å². The number of nitrogens with zero attached hydrogens (tertiary/aromatic N) is 2. The van der Waals surface area contributed by atoms with Gasteiger partial charge in [-0.2, -0.15) is 0 Å². The minimum atomic E-state index is -0.285. The summed E-state index contributed by atoms with van der Waals surface area (Å²) in [5.41, 5.74) is 3.08. The van der Waals surface area contributed by atoms with Crippen molar-refractivity contribution in [1.29, 1.82) is 0 Å². The van der Waals surface area contributed by atoms with Crippen LogP contribution in [0.4, 0.5) is 5.69 Å². The first-order valence-corrected chi connectivity index (χ1v) is 9.13. The first-order chi connectivity index (χ1) is 12.1. The number of imidazole rings is 1. The molecule has 0 bridgehead atoms. The number of aryl methyl sites for hydroxylation is 2. The molecule has 0 fully saturated rings. The van der Waals surface area contributed by atoms with Gasteiger partial charge in [0.25, 0.3) is 5.91 Å². The number of carbonyl (C=O) groups excluding carboxylic acids is 1. The maximum absolute atomic E-state index is 12.5. The summed E-state index contributed by atoms with van der Waals surface area (Å²) in [4.78, 5) is 17.2. The molecule has 1 aliphatic heterocycles. The Morgan fingerprint density at radius 2 is 2.00 bits per heavy atom. The second kappa shape index (κ2) is 6.70. The fourth-order valence-corrected chi connectivity index (χ4v) is 3.69. The van der Waals surface area contributed by atoms with Crippen LogP contribution in [0, 0.1) is 0 Å². The zero-order chi connectivity index (χ0) is 17.4. The molecule has 25 heavy (non-hydrogen) atoms. The molecule has 2 aromatic carbocycles. The molecule has 0 atom stereocenters. The molecule has 1 aromatic heterocycles. The first kappa shape index (κ1) is 16.4. The van der Waals surface area contributed by atoms with E-state index < -0.39 is 0 Å². The smallest absolute Gasteiger partial charge is 0.257 e. The Bertz CT molecular complexity index is 965. The molecule has 6 heteroatoms. The molecule has 0 unspecified atom stereocenters. The minimum Gasteiger partial charge on any atom is -0.328 e. The van der Waals surface area contributed by atoms with Gasteiger partial charge in [-0.25, -0.2) is 4.98 Å². The molecular weight excluding hydrogens is 357 g/mol. The third-order valence-corrected chi connectivity index (χ3v) is 5.38. The Labute approximate surface area is 155 Å². The number of hydrogen-bond donors (Lipinski definition) is 1. The van der Waals surface area contributed by atoms with E-state index in [2.05, 4.69) is 9.88 Å². The van der Waals surface area contributed by atoms with Gasteiger partial charge in [0.1, 0.15) is 5.82 Å². The molecule has 4 rings (SSSR count). The van der Waals surface area contributed by atoms with E-state index in [4.69, 9.17) is 28.2 Å². The van der Waals surface area contributed by atoms with Crippen LogP contribution in [0.15, 0.2) is 36.4 Å². The van der Waals surface area contributed by atoms with Crippen LogP contribution in [0.3, 0.4) is 0 Å². The first-order valence-electron chi connectivity index (χ1n) is 8.38. The third kappa shape index (κ3) is 3.12. The Morgan fingerprint density at radius 1 is 1.12 bits per heavy atom. The standard InChI is InChI=1S/C19H17Cl2N3O/c20-14-6-4-5-13(18(14)21)19(25)22-12-8-9-16-15(11-12)23-17-7-2-1-3-10-24(16)17/h4-6,8-9,11H,1-3,7,10H2,(H,22,25). The maximum atomic E-state index is 12.5. The number of aromatic nitrogens is 2. The van der Waals surface area contributed by atoms with Gasteiger partial charge in [-0.3, -0.25) is 4.79 Å². The van der Waals surface area contributed by atoms with Gasteiger partial charge in [0.05, 0.1) is 26.6 Å². The van der Waals surface area contributed by atoms with E-state index in [1.807, 2.05) is 18.2 Å². The number of halogens is 2. The SMILES string of the molecule is O=C(Nc1ccc2c(c1)nc1n2CCCCC1)c1cccc(Cl)c1Cl. The molecule has 0 saturated carbocycles. The van der Waals surface area contributed by atoms with Crippen LogP contribution in [0.5, 0.6) is 0 Å². The van der Waals surface area contributed by atoms with Crippen molar-refractivity contribution in [3.8, 4) is 0 Å². The summed E-state index contributed by atoms with van der Waals surface area (Å²) < 4.78 is 2.29. The quantitative estimate of drug-likeness (QED) is 0.660. The van der Waals surface area contributed by atoms with Gasteiger partial charge in [-0.15, -0.1) is 0 Å². The van der Waals surface area contributed by atoms with Crippen LogP contribution in [-0.4, -0.2) is 15.5 Å². The van der Waals surface area contributed by atoms with Crippen LogP contribution in [-0.2, 0) is 13.0 Å². The van der Waals surface area contributed by atoms with Crippen LogP contribution in [0.2, 0.25) is 10.0 Å². The van der Waals surface area contributed by atoms with Crippen molar-refractivity contribution >= 4 is 45.8 Å². The predicted octanol–water partition coefficient (Wildman–Crippen LogP) is 5.32. The van der Waals surface area contributed by atoms with Gasteiger partial charge in [0.2, 0.25) is 0 Å². The summed E-state index contributed by atoms with van der Waals surface area (Å²) in [6, 6.07) is 10.8. The second-order valence-corrected chi connectivity index (χ2v) is 7.03. The summed E-state index contributed by atoms with van der Waals surface area (Å²) in [6.45, 7) is 1.01. The predicted molar refractivity (Wildman–Crippen MR) is 102 cm³/mol. The molecular formula is C19H17Cl2N3O. The van der Waals surface area contributed by atoms with E-state index in [0.717, 1.165) is 29.8 Å². The van der Waals surface area contributed by atoms with Gasteiger partial charge in [-0.05, 0) is 43.2 Å². The molecule has 1 aliphatic rings. The van der Waals surface area contributed by atoms with Crippen molar-refractivity contribution in [2.24, 2.45) is 0 Å². The molecule has 4 nitrogen and oxygen atoms in total. The third-order valence-electron chi connectivity index (χ3n) is 4.56. The van der Waals surface area contributed by atoms with E-state index in [9.17, 15) is 4.79 Å². The highest BCUT2D eigenvalue weighted by atomic mass is 35.5. The number of fused-ring (bicyclic) bond motifs is 3. The lowest BCUT2D eigenvalue weighted by molar-refractivity contribution is 0.102. The summed E-state index contributed by atoms with van der Waals surface area (Å²) in [5, 5.41) is 3.50. The van der Waals surface area contributed by atoms with Crippen molar-refractivity contribution in [2.45, 2.75) is 32.2 Å². The average Bonchev–Trinajstić information content (AvgIpc) is 2.77. The highest BCUT2D eigenvalue weighted by Gasteiger charge is 2.16. The van der Waals surface area contributed by atoms with Gasteiger partial charge in [0.15, 0.2) is 0 Å². The van der Waals surface area contributed by atoms with Crippen molar-refractivity contribution in [3.05, 3.63) is 57.8 Å². The van der Waals surface area contributed by atoms with Crippen molar-refractivity contribution < 1.29 is 4.79 Å². The Morgan fingerprint density at radius 3 is 2.88 bits per heavy atom. The van der Waals surface area contributed by atoms with Crippen molar-refractivity contribution in [3.63, 3.8) is 0 Å². The molecule has 3 aromatic rings. The van der Waals surface area contributed by atoms with Gasteiger partial charge in [-0.1, -0.05) is 35.7 Å². The highest BCUT2D eigenvalue weighted by Crippen LogP contribution is 2.28. The normalized spacial score (nSPS) is 14.2. The molecule has 0 radical (unpaired) electrons. The number of nitrogens with one attached hydrogen (secondary N) is 1. The topological polar surface area (TPSA) is 46.9 Å². The number of anilines is 1. The Balaban J connectivity index is 1.64. The van der Waals surface area contributed by atoms with Gasteiger partial charge in [0, 0.05) is 18.7 Å². The summed E-state index contributed by atoms with van der Waals surface area (Å²) in [6.07, 6.45) is 4.62. The molecule has 0 spiro atoms. The number of amides is 1. The van der Waals surface area contributed by atoms with Crippen molar-refractivity contribution in [2.75, 3.05) is 5.32 Å². The molecule has 1 amide bonds. The lowest BCUT2D eigenvalue weighted by Gasteiger charge is -2.08. The second-order valence-electron chi connectivity index (χ2n) is 6.25. The summed E-state index contributed by atoms with van der Waals surface area (Å²) in [5.74, 6) is 0.849. The zero-order valence-corrected chi connectivity index (χ0v) is 15.1. The molecule has 128 valence electrons. The summed E-state index contributed by atoms with van der Waals surface area (Å²) >= 11 is 12.1. The Kier molecular flexibility index (Phi) is 4.40. The number of hydrogen-bond acceptors (Lipinski definition) is 2. The lowest BCUT2D eigenvalue weighted by Crippen LogP contribution is -2.12. The zero-order valence-electron chi connectivity index (χ0n) is 13.6. The monoisotopic (exact) mass is 373 g/mol. The molecule has 0 aliphatic carbocycles. The van der Waals surface area contributed by atoms with Crippen LogP contribution in [0.1, 0.15) is 35.4 Å². The molecule has 0 saturated heterocycles. The fourth-order valence-electron chi connectivity index (χ4n) is 3.31. The number of rotatable bonds is 2. The van der Waals surface area contributed by atoms with E-state index in [1.165, 1.54) is 19.3 Å². The Hall–Kier alpha value is -2.04. The highest BCUT2D eigenvalue weighted by molar-refractivity contribution is 6.44. The number of carbonyl (C=O) groups is 1. The molecule has 2 heterocycles. The largest absolute Gasteiger partial charge is 0.328 e. The lowest BCUT2D eigenvalue weighted by atomic mass is 10.2. The fraction of sp³-hybridized carbons (Fsp3) is 0.263. The maximum Gasteiger partial charge on any atom is 0.257 e. The van der Waals surface area contributed by atoms with Crippen LogP contribution in [0.25, 0.3) is 11.0 Å².